The third-order valence-electron chi connectivity index (χ3n) is 6.43. The number of aliphatic imine (C=N–C) groups is 1. The van der Waals surface area contributed by atoms with Crippen LogP contribution in [0.1, 0.15) is 36.5 Å². The fourth-order valence-electron chi connectivity index (χ4n) is 4.31. The van der Waals surface area contributed by atoms with Crippen LogP contribution >= 0.6 is 11.8 Å². The van der Waals surface area contributed by atoms with Gasteiger partial charge >= 0.3 is 12.4 Å². The Morgan fingerprint density at radius 1 is 1.14 bits per heavy atom. The van der Waals surface area contributed by atoms with Crippen LogP contribution in [0.15, 0.2) is 71.7 Å². The largest absolute Gasteiger partial charge is 0.573 e. The van der Waals surface area contributed by atoms with Gasteiger partial charge in [-0.05, 0) is 65.9 Å². The van der Waals surface area contributed by atoms with Gasteiger partial charge in [-0.1, -0.05) is 38.1 Å². The van der Waals surface area contributed by atoms with Gasteiger partial charge in [0.25, 0.3) is 0 Å². The first kappa shape index (κ1) is 32.3. The molecule has 4 N–H and O–H groups in total. The number of alkyl halides is 3. The highest BCUT2D eigenvalue weighted by Gasteiger charge is 2.35. The number of thioether (sulfide) groups is 1. The van der Waals surface area contributed by atoms with E-state index in [1.165, 1.54) is 47.3 Å². The minimum absolute atomic E-state index is 0.0247. The Hall–Kier alpha value is -4.59. The molecule has 1 aliphatic rings. The van der Waals surface area contributed by atoms with E-state index in [1.54, 1.807) is 30.3 Å². The molecule has 0 aromatic heterocycles. The maximum atomic E-state index is 13.9. The van der Waals surface area contributed by atoms with E-state index in [0.29, 0.717) is 35.5 Å². The fraction of sp³-hybridized carbons (Fsp3) is 0.267. The van der Waals surface area contributed by atoms with Crippen molar-refractivity contribution in [2.75, 3.05) is 22.5 Å². The Morgan fingerprint density at radius 2 is 1.84 bits per heavy atom. The maximum Gasteiger partial charge on any atom is 0.573 e. The summed E-state index contributed by atoms with van der Waals surface area (Å²) in [5.74, 6) is -0.777. The van der Waals surface area contributed by atoms with Crippen LogP contribution < -0.4 is 25.6 Å². The number of carbonyl (C=O) groups excluding carboxylic acids is 2. The number of rotatable bonds is 10. The number of hydrogen-bond acceptors (Lipinski definition) is 5. The molecular weight excluding hydrogens is 600 g/mol. The summed E-state index contributed by atoms with van der Waals surface area (Å²) in [7, 11) is 0. The van der Waals surface area contributed by atoms with Crippen molar-refractivity contribution in [2.45, 2.75) is 38.0 Å². The van der Waals surface area contributed by atoms with Crippen LogP contribution in [-0.2, 0) is 11.2 Å². The minimum atomic E-state index is -4.77. The molecule has 1 fully saturated rings. The molecule has 0 bridgehead atoms. The van der Waals surface area contributed by atoms with Crippen LogP contribution in [0.2, 0.25) is 0 Å². The van der Waals surface area contributed by atoms with Gasteiger partial charge in [0, 0.05) is 17.8 Å². The molecular formula is C30H30F4N6O3S. The van der Waals surface area contributed by atoms with Crippen molar-refractivity contribution in [3.05, 3.63) is 89.2 Å². The van der Waals surface area contributed by atoms with Crippen molar-refractivity contribution in [3.63, 3.8) is 0 Å². The minimum Gasteiger partial charge on any atom is -0.406 e. The molecule has 3 amide bonds. The Balaban J connectivity index is 1.23. The molecule has 9 nitrogen and oxygen atoms in total. The van der Waals surface area contributed by atoms with Crippen molar-refractivity contribution in [2.24, 2.45) is 4.99 Å². The van der Waals surface area contributed by atoms with Crippen LogP contribution in [0.4, 0.5) is 33.7 Å². The first-order chi connectivity index (χ1) is 20.9. The Morgan fingerprint density at radius 3 is 2.50 bits per heavy atom. The summed E-state index contributed by atoms with van der Waals surface area (Å²) in [6.07, 6.45) is -3.00. The monoisotopic (exact) mass is 630 g/mol. The van der Waals surface area contributed by atoms with Crippen molar-refractivity contribution >= 4 is 47.2 Å². The van der Waals surface area contributed by atoms with Crippen LogP contribution in [-0.4, -0.2) is 48.3 Å². The lowest BCUT2D eigenvalue weighted by atomic mass is 10.00. The summed E-state index contributed by atoms with van der Waals surface area (Å²) >= 11 is 1.28. The van der Waals surface area contributed by atoms with Crippen molar-refractivity contribution in [1.82, 2.24) is 10.6 Å². The zero-order valence-corrected chi connectivity index (χ0v) is 24.6. The molecule has 1 heterocycles. The molecule has 0 saturated carbocycles. The van der Waals surface area contributed by atoms with Crippen molar-refractivity contribution < 1.29 is 31.9 Å². The van der Waals surface area contributed by atoms with E-state index in [0.717, 1.165) is 17.7 Å². The topological polar surface area (TPSA) is 119 Å². The van der Waals surface area contributed by atoms with E-state index < -0.39 is 17.9 Å². The number of ether oxygens (including phenoxy) is 1. The lowest BCUT2D eigenvalue weighted by Gasteiger charge is -2.28. The Bertz CT molecular complexity index is 1510. The van der Waals surface area contributed by atoms with Gasteiger partial charge in [0.1, 0.15) is 11.6 Å². The van der Waals surface area contributed by atoms with E-state index in [-0.39, 0.29) is 35.0 Å². The van der Waals surface area contributed by atoms with E-state index in [1.807, 2.05) is 13.8 Å². The molecule has 3 aromatic rings. The number of carbonyl (C=O) groups is 2. The van der Waals surface area contributed by atoms with E-state index in [2.05, 4.69) is 25.7 Å². The summed E-state index contributed by atoms with van der Waals surface area (Å²) in [6.45, 7) is 4.14. The van der Waals surface area contributed by atoms with E-state index >= 15 is 0 Å². The number of benzene rings is 3. The molecule has 1 unspecified atom stereocenters. The highest BCUT2D eigenvalue weighted by atomic mass is 32.2. The molecule has 4 rings (SSSR count). The molecule has 1 saturated heterocycles. The second-order valence-electron chi connectivity index (χ2n) is 9.96. The van der Waals surface area contributed by atoms with Crippen LogP contribution in [0.5, 0.6) is 5.75 Å². The molecule has 0 aliphatic carbocycles. The van der Waals surface area contributed by atoms with E-state index in [9.17, 15) is 27.2 Å². The zero-order valence-electron chi connectivity index (χ0n) is 23.7. The Labute approximate surface area is 255 Å². The summed E-state index contributed by atoms with van der Waals surface area (Å²) in [4.78, 5) is 30.8. The fourth-order valence-corrected chi connectivity index (χ4v) is 5.32. The zero-order chi connectivity index (χ0) is 31.9. The maximum absolute atomic E-state index is 13.9. The van der Waals surface area contributed by atoms with Gasteiger partial charge in [-0.2, -0.15) is 0 Å². The summed E-state index contributed by atoms with van der Waals surface area (Å²) in [5.41, 5.74) is 2.53. The molecule has 1 aliphatic heterocycles. The van der Waals surface area contributed by atoms with Crippen LogP contribution in [0, 0.1) is 11.2 Å². The predicted molar refractivity (Wildman–Crippen MR) is 163 cm³/mol. The van der Waals surface area contributed by atoms with Gasteiger partial charge in [-0.3, -0.25) is 15.1 Å². The summed E-state index contributed by atoms with van der Waals surface area (Å²) in [5, 5.41) is 16.5. The van der Waals surface area contributed by atoms with Gasteiger partial charge in [-0.25, -0.2) is 14.2 Å². The molecule has 232 valence electrons. The third kappa shape index (κ3) is 8.96. The third-order valence-corrected chi connectivity index (χ3v) is 7.49. The number of urea groups is 1. The molecule has 44 heavy (non-hydrogen) atoms. The quantitative estimate of drug-likeness (QED) is 0.121. The SMILES string of the molecule is CC(C)c1cc(F)ccc1N1C(=O)CSC1NC(=O)NCCc1ccc(C(=N)/N=C\Nc2ccc(OC(F)(F)F)cc2)cc1. The number of amidine groups is 1. The smallest absolute Gasteiger partial charge is 0.406 e. The number of halogens is 4. The number of nitrogens with one attached hydrogen (secondary N) is 4. The number of hydrogen-bond donors (Lipinski definition) is 4. The molecule has 1 atom stereocenters. The lowest BCUT2D eigenvalue weighted by molar-refractivity contribution is -0.274. The Kier molecular flexibility index (Phi) is 10.5. The first-order valence-electron chi connectivity index (χ1n) is 13.5. The predicted octanol–water partition coefficient (Wildman–Crippen LogP) is 6.22. The second-order valence-corrected chi connectivity index (χ2v) is 11.0. The van der Waals surface area contributed by atoms with Gasteiger partial charge in [-0.15, -0.1) is 24.9 Å². The number of nitrogens with zero attached hydrogens (tertiary/aromatic N) is 2. The lowest BCUT2D eigenvalue weighted by Crippen LogP contribution is -2.49. The van der Waals surface area contributed by atoms with E-state index in [4.69, 9.17) is 5.41 Å². The molecule has 14 heteroatoms. The van der Waals surface area contributed by atoms with Gasteiger partial charge in [0.05, 0.1) is 17.8 Å². The second kappa shape index (κ2) is 14.3. The summed E-state index contributed by atoms with van der Waals surface area (Å²) < 4.78 is 54.5. The normalized spacial score (nSPS) is 15.1. The van der Waals surface area contributed by atoms with Gasteiger partial charge in [0.15, 0.2) is 11.3 Å². The number of anilines is 2. The number of amides is 3. The van der Waals surface area contributed by atoms with Gasteiger partial charge in [0.2, 0.25) is 5.91 Å². The van der Waals surface area contributed by atoms with Crippen LogP contribution in [0.3, 0.4) is 0 Å². The molecule has 0 spiro atoms. The standard InChI is InChI=1S/C30H30F4N6O3S/c1-18(2)24-15-21(31)7-12-25(24)40-26(41)16-44-29(40)39-28(42)36-14-13-19-3-5-20(6-4-19)27(35)38-17-37-22-8-10-23(11-9-22)43-30(32,33)34/h3-12,15,17-18,29H,13-14,16H2,1-2H3,(H2,35,37,38)(H2,36,39,42). The summed E-state index contributed by atoms with van der Waals surface area (Å²) in [6, 6.07) is 16.0. The average Bonchev–Trinajstić information content (AvgIpc) is 3.32. The highest BCUT2D eigenvalue weighted by molar-refractivity contribution is 8.01. The molecule has 3 aromatic carbocycles. The van der Waals surface area contributed by atoms with Crippen molar-refractivity contribution in [1.29, 1.82) is 5.41 Å². The van der Waals surface area contributed by atoms with Gasteiger partial charge < -0.3 is 20.7 Å². The first-order valence-corrected chi connectivity index (χ1v) is 14.5. The average molecular weight is 631 g/mol. The van der Waals surface area contributed by atoms with Crippen molar-refractivity contribution in [3.8, 4) is 5.75 Å². The van der Waals surface area contributed by atoms with Crippen LogP contribution in [0.25, 0.3) is 0 Å². The highest BCUT2D eigenvalue weighted by Crippen LogP contribution is 2.35. The molecule has 0 radical (unpaired) electrons.